The third-order valence-corrected chi connectivity index (χ3v) is 15.0. The SMILES string of the molecule is C=C/C=C1\C(=C/N(c2ccccc2)c2ccccc2)C2(c3cc(N(c4ccccc4)c4ccccc4)ccc31)c1cc(N(c3ccccc3)c3ccccc3)ccc1-c1ccc(N(c3ccccc3)c3ccccc3)cc12. The molecule has 4 heteroatoms. The molecule has 0 radical (unpaired) electrons. The van der Waals surface area contributed by atoms with Crippen molar-refractivity contribution in [2.75, 3.05) is 19.6 Å². The molecule has 0 N–H and O–H groups in total. The monoisotopic (exact) mass is 986 g/mol. The third-order valence-electron chi connectivity index (χ3n) is 15.0. The van der Waals surface area contributed by atoms with Crippen LogP contribution in [0.5, 0.6) is 0 Å². The lowest BCUT2D eigenvalue weighted by molar-refractivity contribution is 0.790. The van der Waals surface area contributed by atoms with Crippen molar-refractivity contribution in [3.8, 4) is 11.1 Å². The molecule has 0 unspecified atom stereocenters. The summed E-state index contributed by atoms with van der Waals surface area (Å²) in [6.07, 6.45) is 6.60. The van der Waals surface area contributed by atoms with Crippen molar-refractivity contribution in [3.05, 3.63) is 350 Å². The van der Waals surface area contributed by atoms with E-state index in [2.05, 4.69) is 336 Å². The summed E-state index contributed by atoms with van der Waals surface area (Å²) >= 11 is 0. The predicted molar refractivity (Wildman–Crippen MR) is 324 cm³/mol. The normalized spacial score (nSPS) is 13.7. The molecule has 4 nitrogen and oxygen atoms in total. The molecule has 11 aromatic rings. The average Bonchev–Trinajstić information content (AvgIpc) is 4.01. The van der Waals surface area contributed by atoms with Gasteiger partial charge in [0.2, 0.25) is 0 Å². The van der Waals surface area contributed by atoms with Gasteiger partial charge in [-0.05, 0) is 178 Å². The van der Waals surface area contributed by atoms with E-state index in [9.17, 15) is 0 Å². The molecule has 0 aliphatic heterocycles. The molecule has 0 saturated carbocycles. The van der Waals surface area contributed by atoms with Crippen molar-refractivity contribution in [1.82, 2.24) is 0 Å². The van der Waals surface area contributed by atoms with Crippen LogP contribution in [0, 0.1) is 0 Å². The van der Waals surface area contributed by atoms with Crippen LogP contribution in [-0.2, 0) is 5.41 Å². The molecular formula is C73H54N4. The fourth-order valence-corrected chi connectivity index (χ4v) is 11.7. The van der Waals surface area contributed by atoms with Gasteiger partial charge in [-0.15, -0.1) is 0 Å². The van der Waals surface area contributed by atoms with E-state index in [0.29, 0.717) is 0 Å². The summed E-state index contributed by atoms with van der Waals surface area (Å²) in [5.74, 6) is 0. The summed E-state index contributed by atoms with van der Waals surface area (Å²) in [5.41, 5.74) is 20.1. The Hall–Kier alpha value is -10.2. The Labute approximate surface area is 452 Å². The molecule has 0 aromatic heterocycles. The number of rotatable bonds is 13. The number of benzene rings is 11. The van der Waals surface area contributed by atoms with Crippen LogP contribution in [0.2, 0.25) is 0 Å². The Balaban J connectivity index is 1.18. The van der Waals surface area contributed by atoms with Crippen molar-refractivity contribution in [2.24, 2.45) is 0 Å². The second-order valence-corrected chi connectivity index (χ2v) is 19.4. The van der Waals surface area contributed by atoms with Crippen LogP contribution in [0.15, 0.2) is 328 Å². The summed E-state index contributed by atoms with van der Waals surface area (Å²) in [4.78, 5) is 9.53. The zero-order valence-electron chi connectivity index (χ0n) is 42.5. The van der Waals surface area contributed by atoms with E-state index in [1.807, 2.05) is 6.08 Å². The Bertz CT molecular complexity index is 3630. The number of hydrogen-bond acceptors (Lipinski definition) is 4. The summed E-state index contributed by atoms with van der Waals surface area (Å²) < 4.78 is 0. The van der Waals surface area contributed by atoms with Crippen molar-refractivity contribution in [2.45, 2.75) is 5.41 Å². The minimum Gasteiger partial charge on any atom is -0.317 e. The minimum atomic E-state index is -0.907. The number of nitrogens with zero attached hydrogens (tertiary/aromatic N) is 4. The number of allylic oxidation sites excluding steroid dienone is 4. The second-order valence-electron chi connectivity index (χ2n) is 19.4. The molecule has 77 heavy (non-hydrogen) atoms. The highest BCUT2D eigenvalue weighted by atomic mass is 15.2. The lowest BCUT2D eigenvalue weighted by Gasteiger charge is -2.35. The first kappa shape index (κ1) is 46.6. The Morgan fingerprint density at radius 2 is 0.532 bits per heavy atom. The molecule has 0 heterocycles. The lowest BCUT2D eigenvalue weighted by atomic mass is 9.70. The number of hydrogen-bond donors (Lipinski definition) is 0. The molecule has 366 valence electrons. The summed E-state index contributed by atoms with van der Waals surface area (Å²) in [6.45, 7) is 4.43. The molecule has 11 aromatic carbocycles. The van der Waals surface area contributed by atoms with Crippen LogP contribution in [0.1, 0.15) is 22.3 Å². The van der Waals surface area contributed by atoms with E-state index in [1.54, 1.807) is 0 Å². The molecule has 0 bridgehead atoms. The fourth-order valence-electron chi connectivity index (χ4n) is 11.7. The molecule has 2 aliphatic rings. The smallest absolute Gasteiger partial charge is 0.0742 e. The molecule has 13 rings (SSSR count). The van der Waals surface area contributed by atoms with E-state index in [-0.39, 0.29) is 0 Å². The maximum absolute atomic E-state index is 4.43. The topological polar surface area (TPSA) is 13.0 Å². The van der Waals surface area contributed by atoms with E-state index in [4.69, 9.17) is 0 Å². The first-order valence-corrected chi connectivity index (χ1v) is 26.3. The molecule has 0 amide bonds. The highest BCUT2D eigenvalue weighted by Crippen LogP contribution is 2.66. The third kappa shape index (κ3) is 8.30. The van der Waals surface area contributed by atoms with Crippen LogP contribution in [0.25, 0.3) is 16.7 Å². The van der Waals surface area contributed by atoms with Crippen LogP contribution in [0.3, 0.4) is 0 Å². The number of para-hydroxylation sites is 8. The molecule has 1 spiro atoms. The van der Waals surface area contributed by atoms with Crippen molar-refractivity contribution in [1.29, 1.82) is 0 Å². The van der Waals surface area contributed by atoms with Gasteiger partial charge in [-0.1, -0.05) is 183 Å². The average molecular weight is 987 g/mol. The maximum Gasteiger partial charge on any atom is 0.0742 e. The molecule has 2 aliphatic carbocycles. The Kier molecular flexibility index (Phi) is 12.3. The fraction of sp³-hybridized carbons (Fsp3) is 0.0137. The summed E-state index contributed by atoms with van der Waals surface area (Å²) in [7, 11) is 0. The van der Waals surface area contributed by atoms with Crippen LogP contribution in [-0.4, -0.2) is 0 Å². The first-order valence-electron chi connectivity index (χ1n) is 26.3. The van der Waals surface area contributed by atoms with Gasteiger partial charge in [-0.25, -0.2) is 0 Å². The van der Waals surface area contributed by atoms with Gasteiger partial charge in [0.1, 0.15) is 0 Å². The minimum absolute atomic E-state index is 0.907. The van der Waals surface area contributed by atoms with Crippen LogP contribution < -0.4 is 19.6 Å². The van der Waals surface area contributed by atoms with Gasteiger partial charge in [-0.2, -0.15) is 0 Å². The van der Waals surface area contributed by atoms with Gasteiger partial charge in [-0.3, -0.25) is 0 Å². The van der Waals surface area contributed by atoms with Crippen LogP contribution in [0.4, 0.5) is 62.6 Å². The van der Waals surface area contributed by atoms with E-state index in [1.165, 1.54) is 27.8 Å². The first-order chi connectivity index (χ1) is 38.2. The van der Waals surface area contributed by atoms with Gasteiger partial charge >= 0.3 is 0 Å². The predicted octanol–water partition coefficient (Wildman–Crippen LogP) is 19.7. The zero-order valence-corrected chi connectivity index (χ0v) is 42.5. The Morgan fingerprint density at radius 3 is 0.818 bits per heavy atom. The highest BCUT2D eigenvalue weighted by Gasteiger charge is 2.54. The number of fused-ring (bicyclic) bond motifs is 7. The number of anilines is 11. The van der Waals surface area contributed by atoms with Gasteiger partial charge in [0.15, 0.2) is 0 Å². The largest absolute Gasteiger partial charge is 0.317 e. The standard InChI is InChI=1S/C73H54N4/c1-2-27-65-66-47-44-62(75(56-32-15-5-16-33-56)57-34-17-6-18-35-57)50-69(66)73(72(65)53-74(54-28-11-3-12-29-54)55-30-13-4-14-31-55)70-51-63(76(58-36-19-7-20-37-58)59-38-21-8-22-39-59)45-48-67(70)68-49-46-64(52-71(68)73)77(60-40-23-9-24-41-60)61-42-25-10-26-43-61/h2-53H,1H2/b65-27-,72-53+. The van der Waals surface area contributed by atoms with Gasteiger partial charge in [0.05, 0.1) is 5.41 Å². The summed E-state index contributed by atoms with van der Waals surface area (Å²) in [5, 5.41) is 0. The zero-order chi connectivity index (χ0) is 51.5. The lowest BCUT2D eigenvalue weighted by Crippen LogP contribution is -2.28. The second kappa shape index (κ2) is 20.3. The van der Waals surface area contributed by atoms with Crippen molar-refractivity contribution in [3.63, 3.8) is 0 Å². The van der Waals surface area contributed by atoms with Gasteiger partial charge in [0.25, 0.3) is 0 Å². The van der Waals surface area contributed by atoms with Crippen LogP contribution >= 0.6 is 0 Å². The molecule has 0 atom stereocenters. The molecular weight excluding hydrogens is 933 g/mol. The van der Waals surface area contributed by atoms with E-state index < -0.39 is 5.41 Å². The van der Waals surface area contributed by atoms with Crippen molar-refractivity contribution >= 4 is 68.1 Å². The van der Waals surface area contributed by atoms with Crippen molar-refractivity contribution < 1.29 is 0 Å². The molecule has 0 fully saturated rings. The summed E-state index contributed by atoms with van der Waals surface area (Å²) in [6, 6.07) is 107. The van der Waals surface area contributed by atoms with E-state index >= 15 is 0 Å². The molecule has 0 saturated heterocycles. The maximum atomic E-state index is 4.43. The quantitative estimate of drug-likeness (QED) is 0.114. The highest BCUT2D eigenvalue weighted by molar-refractivity contribution is 6.03. The van der Waals surface area contributed by atoms with E-state index in [0.717, 1.165) is 79.3 Å². The van der Waals surface area contributed by atoms with Gasteiger partial charge in [0, 0.05) is 68.8 Å². The Morgan fingerprint density at radius 1 is 0.273 bits per heavy atom. The van der Waals surface area contributed by atoms with Gasteiger partial charge < -0.3 is 19.6 Å².